The van der Waals surface area contributed by atoms with Crippen LogP contribution in [0.1, 0.15) is 84.0 Å². The minimum Gasteiger partial charge on any atom is -0.508 e. The van der Waals surface area contributed by atoms with Crippen LogP contribution in [0.3, 0.4) is 0 Å². The maximum absolute atomic E-state index is 12.0. The summed E-state index contributed by atoms with van der Waals surface area (Å²) in [7, 11) is 0. The molecule has 2 amide bonds. The fraction of sp³-hybridized carbons (Fsp3) is 0.519. The summed E-state index contributed by atoms with van der Waals surface area (Å²) in [6.45, 7) is 3.05. The third-order valence-electron chi connectivity index (χ3n) is 5.70. The Morgan fingerprint density at radius 3 is 1.69 bits per heavy atom. The first-order valence-corrected chi connectivity index (χ1v) is 12.4. The Labute approximate surface area is 194 Å². The van der Waals surface area contributed by atoms with E-state index in [1.165, 1.54) is 70.6 Å². The van der Waals surface area contributed by atoms with E-state index >= 15 is 0 Å². The second-order valence-corrected chi connectivity index (χ2v) is 8.52. The van der Waals surface area contributed by atoms with Gasteiger partial charge in [0.15, 0.2) is 0 Å². The second-order valence-electron chi connectivity index (χ2n) is 8.52. The van der Waals surface area contributed by atoms with E-state index in [0.29, 0.717) is 0 Å². The molecule has 0 unspecified atom stereocenters. The van der Waals surface area contributed by atoms with Gasteiger partial charge in [-0.15, -0.1) is 0 Å². The molecule has 0 bridgehead atoms. The molecule has 176 valence electrons. The van der Waals surface area contributed by atoms with Gasteiger partial charge in [0.25, 0.3) is 0 Å². The van der Waals surface area contributed by atoms with Gasteiger partial charge in [0.1, 0.15) is 5.75 Å². The normalized spacial score (nSPS) is 10.8. The van der Waals surface area contributed by atoms with Crippen molar-refractivity contribution >= 4 is 11.7 Å². The lowest BCUT2D eigenvalue weighted by Gasteiger charge is -2.10. The molecule has 0 atom stereocenters. The summed E-state index contributed by atoms with van der Waals surface area (Å²) in [4.78, 5) is 12.0. The van der Waals surface area contributed by atoms with Crippen LogP contribution < -0.4 is 16.2 Å². The van der Waals surface area contributed by atoms with Gasteiger partial charge in [0.2, 0.25) is 0 Å². The zero-order valence-electron chi connectivity index (χ0n) is 19.7. The number of hydrazine groups is 1. The first-order valence-electron chi connectivity index (χ1n) is 12.4. The third-order valence-corrected chi connectivity index (χ3v) is 5.70. The summed E-state index contributed by atoms with van der Waals surface area (Å²) in [5, 5.41) is 12.2. The van der Waals surface area contributed by atoms with Crippen LogP contribution in [0.5, 0.6) is 5.75 Å². The molecular weight excluding hydrogens is 398 g/mol. The average molecular weight is 440 g/mol. The lowest BCUT2D eigenvalue weighted by atomic mass is 10.1. The summed E-state index contributed by atoms with van der Waals surface area (Å²) in [6, 6.07) is 14.4. The predicted molar refractivity (Wildman–Crippen MR) is 135 cm³/mol. The van der Waals surface area contributed by atoms with E-state index in [1.54, 1.807) is 12.1 Å². The highest BCUT2D eigenvalue weighted by Crippen LogP contribution is 2.23. The maximum Gasteiger partial charge on any atom is 0.333 e. The lowest BCUT2D eigenvalue weighted by Crippen LogP contribution is -2.40. The Morgan fingerprint density at radius 1 is 0.688 bits per heavy atom. The van der Waals surface area contributed by atoms with Crippen molar-refractivity contribution < 1.29 is 9.90 Å². The number of benzene rings is 2. The van der Waals surface area contributed by atoms with Gasteiger partial charge in [-0.3, -0.25) is 5.43 Å². The number of phenolic OH excluding ortho intramolecular Hbond substituents is 1. The fourth-order valence-electron chi connectivity index (χ4n) is 3.76. The molecule has 0 fully saturated rings. The lowest BCUT2D eigenvalue weighted by molar-refractivity contribution is 0.248. The van der Waals surface area contributed by atoms with Crippen LogP contribution in [0.15, 0.2) is 48.5 Å². The summed E-state index contributed by atoms with van der Waals surface area (Å²) >= 11 is 0. The molecule has 4 N–H and O–H groups in total. The molecule has 5 heteroatoms. The van der Waals surface area contributed by atoms with Gasteiger partial charge in [-0.1, -0.05) is 102 Å². The van der Waals surface area contributed by atoms with Crippen LogP contribution in [0.4, 0.5) is 10.5 Å². The molecule has 0 radical (unpaired) electrons. The van der Waals surface area contributed by atoms with Crippen molar-refractivity contribution in [3.8, 4) is 16.9 Å². The van der Waals surface area contributed by atoms with Crippen LogP contribution in [0, 0.1) is 0 Å². The molecule has 2 aromatic carbocycles. The molecule has 0 saturated carbocycles. The zero-order chi connectivity index (χ0) is 22.9. The summed E-state index contributed by atoms with van der Waals surface area (Å²) < 4.78 is 0. The molecule has 2 rings (SSSR count). The highest BCUT2D eigenvalue weighted by Gasteiger charge is 2.02. The van der Waals surface area contributed by atoms with Crippen LogP contribution in [-0.4, -0.2) is 17.7 Å². The molecule has 0 spiro atoms. The van der Waals surface area contributed by atoms with Gasteiger partial charge in [0, 0.05) is 12.2 Å². The highest BCUT2D eigenvalue weighted by atomic mass is 16.3. The van der Waals surface area contributed by atoms with E-state index in [1.807, 2.05) is 36.4 Å². The van der Waals surface area contributed by atoms with Crippen molar-refractivity contribution in [3.05, 3.63) is 48.5 Å². The first kappa shape index (κ1) is 25.7. The number of aromatic hydroxyl groups is 1. The van der Waals surface area contributed by atoms with Crippen molar-refractivity contribution in [2.24, 2.45) is 0 Å². The first-order chi connectivity index (χ1) is 15.7. The molecule has 0 saturated heterocycles. The van der Waals surface area contributed by atoms with Gasteiger partial charge < -0.3 is 10.4 Å². The standard InChI is InChI=1S/C27H41N3O2/c1-2-3-4-5-6-7-8-9-10-11-12-13-22-28-30-27(32)29-25-18-14-23(15-19-25)24-16-20-26(31)21-17-24/h14-21,28,31H,2-13,22H2,1H3,(H2,29,30,32). The van der Waals surface area contributed by atoms with E-state index < -0.39 is 0 Å². The van der Waals surface area contributed by atoms with E-state index in [-0.39, 0.29) is 11.8 Å². The van der Waals surface area contributed by atoms with Gasteiger partial charge in [-0.05, 0) is 41.8 Å². The summed E-state index contributed by atoms with van der Waals surface area (Å²) in [5.74, 6) is 0.250. The maximum atomic E-state index is 12.0. The number of rotatable bonds is 16. The quantitative estimate of drug-likeness (QED) is 0.163. The second kappa shape index (κ2) is 16.2. The van der Waals surface area contributed by atoms with E-state index in [2.05, 4.69) is 23.1 Å². The Kier molecular flexibility index (Phi) is 13.0. The summed E-state index contributed by atoms with van der Waals surface area (Å²) in [6.07, 6.45) is 15.9. The van der Waals surface area contributed by atoms with Crippen molar-refractivity contribution in [1.29, 1.82) is 0 Å². The highest BCUT2D eigenvalue weighted by molar-refractivity contribution is 5.89. The number of carbonyl (C=O) groups excluding carboxylic acids is 1. The number of urea groups is 1. The number of nitrogens with one attached hydrogen (secondary N) is 3. The molecular formula is C27H41N3O2. The third kappa shape index (κ3) is 11.2. The van der Waals surface area contributed by atoms with E-state index in [4.69, 9.17) is 0 Å². The van der Waals surface area contributed by atoms with Crippen LogP contribution in [0.25, 0.3) is 11.1 Å². The van der Waals surface area contributed by atoms with Gasteiger partial charge >= 0.3 is 6.03 Å². The monoisotopic (exact) mass is 439 g/mol. The molecule has 32 heavy (non-hydrogen) atoms. The van der Waals surface area contributed by atoms with Crippen molar-refractivity contribution in [2.75, 3.05) is 11.9 Å². The number of anilines is 1. The van der Waals surface area contributed by atoms with Crippen molar-refractivity contribution in [2.45, 2.75) is 84.0 Å². The Hall–Kier alpha value is -2.53. The smallest absolute Gasteiger partial charge is 0.333 e. The predicted octanol–water partition coefficient (Wildman–Crippen LogP) is 7.39. The van der Waals surface area contributed by atoms with Crippen molar-refractivity contribution in [3.63, 3.8) is 0 Å². The number of hydrogen-bond acceptors (Lipinski definition) is 3. The van der Waals surface area contributed by atoms with Gasteiger partial charge in [-0.25, -0.2) is 10.2 Å². The van der Waals surface area contributed by atoms with Gasteiger partial charge in [0.05, 0.1) is 0 Å². The van der Waals surface area contributed by atoms with Crippen LogP contribution >= 0.6 is 0 Å². The minimum absolute atomic E-state index is 0.250. The summed E-state index contributed by atoms with van der Waals surface area (Å²) in [5.41, 5.74) is 8.47. The molecule has 5 nitrogen and oxygen atoms in total. The topological polar surface area (TPSA) is 73.4 Å². The molecule has 0 aliphatic carbocycles. The van der Waals surface area contributed by atoms with Crippen molar-refractivity contribution in [1.82, 2.24) is 10.9 Å². The Morgan fingerprint density at radius 2 is 1.16 bits per heavy atom. The average Bonchev–Trinajstić information content (AvgIpc) is 2.80. The number of carbonyl (C=O) groups is 1. The van der Waals surface area contributed by atoms with Crippen LogP contribution in [0.2, 0.25) is 0 Å². The Balaban J connectivity index is 1.46. The van der Waals surface area contributed by atoms with E-state index in [0.717, 1.165) is 29.8 Å². The van der Waals surface area contributed by atoms with Gasteiger partial charge in [-0.2, -0.15) is 0 Å². The zero-order valence-corrected chi connectivity index (χ0v) is 19.7. The Bertz CT molecular complexity index is 745. The fourth-order valence-corrected chi connectivity index (χ4v) is 3.76. The SMILES string of the molecule is CCCCCCCCCCCCCCNNC(=O)Nc1ccc(-c2ccc(O)cc2)cc1. The largest absolute Gasteiger partial charge is 0.508 e. The number of unbranched alkanes of at least 4 members (excludes halogenated alkanes) is 11. The van der Waals surface area contributed by atoms with E-state index in [9.17, 15) is 9.90 Å². The minimum atomic E-state index is -0.263. The number of phenols is 1. The number of amides is 2. The molecule has 0 heterocycles. The molecule has 0 aliphatic rings. The molecule has 2 aromatic rings. The van der Waals surface area contributed by atoms with Crippen LogP contribution in [-0.2, 0) is 0 Å². The molecule has 0 aliphatic heterocycles. The molecule has 0 aromatic heterocycles. The number of hydrogen-bond donors (Lipinski definition) is 4.